The van der Waals surface area contributed by atoms with Gasteiger partial charge in [-0.2, -0.15) is 0 Å². The van der Waals surface area contributed by atoms with Gasteiger partial charge in [-0.3, -0.25) is 4.79 Å². The summed E-state index contributed by atoms with van der Waals surface area (Å²) in [6, 6.07) is 15.2. The zero-order valence-electron chi connectivity index (χ0n) is 13.8. The van der Waals surface area contributed by atoms with Gasteiger partial charge in [-0.25, -0.2) is 4.39 Å². The monoisotopic (exact) mass is 369 g/mol. The summed E-state index contributed by atoms with van der Waals surface area (Å²) in [5.41, 5.74) is 1.53. The zero-order chi connectivity index (χ0) is 17.9. The van der Waals surface area contributed by atoms with Gasteiger partial charge in [0.05, 0.1) is 18.1 Å². The van der Waals surface area contributed by atoms with Crippen molar-refractivity contribution in [3.8, 4) is 21.9 Å². The van der Waals surface area contributed by atoms with Crippen molar-refractivity contribution in [1.82, 2.24) is 0 Å². The molecular formula is C20H16FNO3S. The van der Waals surface area contributed by atoms with Crippen molar-refractivity contribution >= 4 is 22.9 Å². The summed E-state index contributed by atoms with van der Waals surface area (Å²) in [5, 5.41) is 2.88. The lowest BCUT2D eigenvalue weighted by molar-refractivity contribution is 0.103. The molecule has 0 atom stereocenters. The van der Waals surface area contributed by atoms with Gasteiger partial charge >= 0.3 is 0 Å². The summed E-state index contributed by atoms with van der Waals surface area (Å²) >= 11 is 1.36. The fraction of sp³-hybridized carbons (Fsp3) is 0.150. The highest BCUT2D eigenvalue weighted by Gasteiger charge is 2.14. The smallest absolute Gasteiger partial charge is 0.265 e. The Morgan fingerprint density at radius 3 is 2.54 bits per heavy atom. The van der Waals surface area contributed by atoms with Crippen molar-refractivity contribution < 1.29 is 18.7 Å². The van der Waals surface area contributed by atoms with Crippen LogP contribution in [0.4, 0.5) is 10.1 Å². The molecule has 6 heteroatoms. The van der Waals surface area contributed by atoms with Crippen LogP contribution in [0.1, 0.15) is 16.1 Å². The van der Waals surface area contributed by atoms with E-state index in [0.717, 1.165) is 16.9 Å². The summed E-state index contributed by atoms with van der Waals surface area (Å²) in [5.74, 6) is 0.851. The Kier molecular flexibility index (Phi) is 4.58. The maximum atomic E-state index is 13.0. The number of hydrogen-bond acceptors (Lipinski definition) is 4. The highest BCUT2D eigenvalue weighted by molar-refractivity contribution is 7.17. The average molecular weight is 369 g/mol. The van der Waals surface area contributed by atoms with Gasteiger partial charge in [-0.15, -0.1) is 11.3 Å². The van der Waals surface area contributed by atoms with Crippen LogP contribution in [-0.4, -0.2) is 19.1 Å². The molecule has 3 aromatic rings. The van der Waals surface area contributed by atoms with Crippen LogP contribution in [-0.2, 0) is 0 Å². The quantitative estimate of drug-likeness (QED) is 0.709. The predicted molar refractivity (Wildman–Crippen MR) is 99.7 cm³/mol. The maximum Gasteiger partial charge on any atom is 0.265 e. The van der Waals surface area contributed by atoms with E-state index in [9.17, 15) is 9.18 Å². The number of fused-ring (bicyclic) bond motifs is 1. The molecule has 2 aromatic carbocycles. The maximum absolute atomic E-state index is 13.0. The third-order valence-electron chi connectivity index (χ3n) is 3.96. The van der Waals surface area contributed by atoms with Crippen molar-refractivity contribution in [3.05, 3.63) is 65.3 Å². The van der Waals surface area contributed by atoms with Gasteiger partial charge in [0.1, 0.15) is 5.82 Å². The normalized spacial score (nSPS) is 13.1. The van der Waals surface area contributed by atoms with Crippen molar-refractivity contribution in [2.45, 2.75) is 6.42 Å². The van der Waals surface area contributed by atoms with Crippen LogP contribution in [0.3, 0.4) is 0 Å². The van der Waals surface area contributed by atoms with Gasteiger partial charge in [0, 0.05) is 23.1 Å². The second-order valence-electron chi connectivity index (χ2n) is 5.84. The summed E-state index contributed by atoms with van der Waals surface area (Å²) in [4.78, 5) is 14.0. The number of carbonyl (C=O) groups is 1. The Hall–Kier alpha value is -2.86. The first-order chi connectivity index (χ1) is 12.7. The summed E-state index contributed by atoms with van der Waals surface area (Å²) in [6.07, 6.45) is 0.831. The minimum Gasteiger partial charge on any atom is -0.490 e. The third-order valence-corrected chi connectivity index (χ3v) is 5.10. The van der Waals surface area contributed by atoms with E-state index in [2.05, 4.69) is 5.32 Å². The number of amides is 1. The standard InChI is InChI=1S/C20H16FNO3S/c21-14-4-2-13(3-5-14)18-8-9-19(26-18)20(23)22-15-6-7-16-17(12-15)25-11-1-10-24-16/h2-9,12H,1,10-11H2,(H,22,23). The number of thiophene rings is 1. The van der Waals surface area contributed by atoms with Gasteiger partial charge in [0.25, 0.3) is 5.91 Å². The van der Waals surface area contributed by atoms with Gasteiger partial charge in [0.2, 0.25) is 0 Å². The van der Waals surface area contributed by atoms with Crippen molar-refractivity contribution in [2.24, 2.45) is 0 Å². The Morgan fingerprint density at radius 2 is 1.73 bits per heavy atom. The number of carbonyl (C=O) groups excluding carboxylic acids is 1. The Labute approximate surface area is 154 Å². The minimum absolute atomic E-state index is 0.196. The highest BCUT2D eigenvalue weighted by atomic mass is 32.1. The average Bonchev–Trinajstić information content (AvgIpc) is 3.02. The first-order valence-corrected chi connectivity index (χ1v) is 9.07. The molecule has 132 valence electrons. The molecule has 0 fully saturated rings. The second-order valence-corrected chi connectivity index (χ2v) is 6.92. The van der Waals surface area contributed by atoms with E-state index < -0.39 is 0 Å². The van der Waals surface area contributed by atoms with Crippen molar-refractivity contribution in [1.29, 1.82) is 0 Å². The lowest BCUT2D eigenvalue weighted by Crippen LogP contribution is -2.10. The van der Waals surface area contributed by atoms with Crippen LogP contribution >= 0.6 is 11.3 Å². The number of nitrogens with one attached hydrogen (secondary N) is 1. The molecule has 0 radical (unpaired) electrons. The molecule has 0 bridgehead atoms. The van der Waals surface area contributed by atoms with Crippen molar-refractivity contribution in [3.63, 3.8) is 0 Å². The SMILES string of the molecule is O=C(Nc1ccc2c(c1)OCCCO2)c1ccc(-c2ccc(F)cc2)s1. The highest BCUT2D eigenvalue weighted by Crippen LogP contribution is 2.33. The van der Waals surface area contributed by atoms with Crippen molar-refractivity contribution in [2.75, 3.05) is 18.5 Å². The molecule has 4 rings (SSSR count). The number of rotatable bonds is 3. The fourth-order valence-electron chi connectivity index (χ4n) is 2.66. The Morgan fingerprint density at radius 1 is 0.962 bits per heavy atom. The molecule has 0 spiro atoms. The lowest BCUT2D eigenvalue weighted by atomic mass is 10.2. The molecule has 1 aliphatic rings. The summed E-state index contributed by atoms with van der Waals surface area (Å²) < 4.78 is 24.3. The molecule has 1 amide bonds. The van der Waals surface area contributed by atoms with E-state index in [0.29, 0.717) is 35.3 Å². The first-order valence-electron chi connectivity index (χ1n) is 8.26. The molecular weight excluding hydrogens is 353 g/mol. The van der Waals surface area contributed by atoms with E-state index in [1.165, 1.54) is 23.5 Å². The largest absolute Gasteiger partial charge is 0.490 e. The van der Waals surface area contributed by atoms with E-state index in [1.807, 2.05) is 6.07 Å². The molecule has 4 nitrogen and oxygen atoms in total. The molecule has 0 unspecified atom stereocenters. The van der Waals surface area contributed by atoms with E-state index in [-0.39, 0.29) is 11.7 Å². The topological polar surface area (TPSA) is 47.6 Å². The first kappa shape index (κ1) is 16.6. The lowest BCUT2D eigenvalue weighted by Gasteiger charge is -2.10. The molecule has 1 N–H and O–H groups in total. The molecule has 1 aliphatic heterocycles. The molecule has 26 heavy (non-hydrogen) atoms. The molecule has 0 saturated heterocycles. The van der Waals surface area contributed by atoms with Gasteiger partial charge in [-0.1, -0.05) is 12.1 Å². The minimum atomic E-state index is -0.280. The van der Waals surface area contributed by atoms with E-state index in [1.54, 1.807) is 36.4 Å². The summed E-state index contributed by atoms with van der Waals surface area (Å²) in [7, 11) is 0. The number of benzene rings is 2. The van der Waals surface area contributed by atoms with Crippen LogP contribution in [0.25, 0.3) is 10.4 Å². The third kappa shape index (κ3) is 3.55. The number of anilines is 1. The molecule has 1 aromatic heterocycles. The zero-order valence-corrected chi connectivity index (χ0v) is 14.6. The van der Waals surface area contributed by atoms with Gasteiger partial charge in [-0.05, 0) is 42.0 Å². The second kappa shape index (κ2) is 7.17. The van der Waals surface area contributed by atoms with E-state index >= 15 is 0 Å². The Bertz CT molecular complexity index is 936. The number of ether oxygens (including phenoxy) is 2. The molecule has 0 aliphatic carbocycles. The van der Waals surface area contributed by atoms with E-state index in [4.69, 9.17) is 9.47 Å². The fourth-order valence-corrected chi connectivity index (χ4v) is 3.57. The van der Waals surface area contributed by atoms with Gasteiger partial charge in [0.15, 0.2) is 11.5 Å². The summed E-state index contributed by atoms with van der Waals surface area (Å²) in [6.45, 7) is 1.22. The van der Waals surface area contributed by atoms with Gasteiger partial charge < -0.3 is 14.8 Å². The van der Waals surface area contributed by atoms with Crippen LogP contribution in [0, 0.1) is 5.82 Å². The molecule has 0 saturated carbocycles. The number of halogens is 1. The predicted octanol–water partition coefficient (Wildman–Crippen LogP) is 4.97. The van der Waals surface area contributed by atoms with Crippen LogP contribution < -0.4 is 14.8 Å². The van der Waals surface area contributed by atoms with Crippen LogP contribution in [0.2, 0.25) is 0 Å². The van der Waals surface area contributed by atoms with Crippen LogP contribution in [0.15, 0.2) is 54.6 Å². The molecule has 2 heterocycles. The number of hydrogen-bond donors (Lipinski definition) is 1. The Balaban J connectivity index is 1.50. The van der Waals surface area contributed by atoms with Crippen LogP contribution in [0.5, 0.6) is 11.5 Å².